The Hall–Kier alpha value is -1.69. The van der Waals surface area contributed by atoms with E-state index in [0.717, 1.165) is 15.4 Å². The standard InChI is InChI=1S/C10H8BrN3O2/c11-6-1-2-8-7(3-6)10(14-5-13-8)16-4-9(12)15/h1-3,5H,4H2,(H2,12,15). The van der Waals surface area contributed by atoms with Crippen molar-refractivity contribution in [3.63, 3.8) is 0 Å². The normalized spacial score (nSPS) is 10.3. The summed E-state index contributed by atoms with van der Waals surface area (Å²) >= 11 is 3.34. The van der Waals surface area contributed by atoms with Crippen LogP contribution < -0.4 is 10.5 Å². The number of aromatic nitrogens is 2. The van der Waals surface area contributed by atoms with Crippen LogP contribution in [-0.2, 0) is 4.79 Å². The van der Waals surface area contributed by atoms with E-state index in [9.17, 15) is 4.79 Å². The summed E-state index contributed by atoms with van der Waals surface area (Å²) in [4.78, 5) is 18.7. The predicted octanol–water partition coefficient (Wildman–Crippen LogP) is 1.26. The summed E-state index contributed by atoms with van der Waals surface area (Å²) in [6.07, 6.45) is 1.38. The maximum atomic E-state index is 10.6. The number of carbonyl (C=O) groups is 1. The topological polar surface area (TPSA) is 78.1 Å². The summed E-state index contributed by atoms with van der Waals surface area (Å²) in [5, 5.41) is 0.734. The quantitative estimate of drug-likeness (QED) is 0.919. The van der Waals surface area contributed by atoms with E-state index in [2.05, 4.69) is 25.9 Å². The summed E-state index contributed by atoms with van der Waals surface area (Å²) < 4.78 is 6.08. The number of nitrogens with two attached hydrogens (primary N) is 1. The molecule has 0 fully saturated rings. The van der Waals surface area contributed by atoms with Crippen molar-refractivity contribution in [2.45, 2.75) is 0 Å². The van der Waals surface area contributed by atoms with Gasteiger partial charge in [0, 0.05) is 4.47 Å². The minimum absolute atomic E-state index is 0.196. The minimum Gasteiger partial charge on any atom is -0.467 e. The summed E-state index contributed by atoms with van der Waals surface area (Å²) in [5.41, 5.74) is 5.75. The maximum Gasteiger partial charge on any atom is 0.255 e. The zero-order valence-corrected chi connectivity index (χ0v) is 9.77. The van der Waals surface area contributed by atoms with Crippen LogP contribution in [0.1, 0.15) is 0 Å². The molecule has 2 rings (SSSR count). The lowest BCUT2D eigenvalue weighted by atomic mass is 10.2. The molecule has 16 heavy (non-hydrogen) atoms. The first-order chi connectivity index (χ1) is 7.66. The van der Waals surface area contributed by atoms with Crippen LogP contribution in [0.5, 0.6) is 5.88 Å². The van der Waals surface area contributed by atoms with Crippen molar-refractivity contribution in [2.24, 2.45) is 5.73 Å². The number of hydrogen-bond acceptors (Lipinski definition) is 4. The molecule has 1 aromatic carbocycles. The lowest BCUT2D eigenvalue weighted by Gasteiger charge is -2.05. The van der Waals surface area contributed by atoms with Gasteiger partial charge in [-0.1, -0.05) is 15.9 Å². The van der Waals surface area contributed by atoms with Gasteiger partial charge in [0.05, 0.1) is 10.9 Å². The average Bonchev–Trinajstić information content (AvgIpc) is 2.26. The van der Waals surface area contributed by atoms with Crippen LogP contribution in [0.2, 0.25) is 0 Å². The molecule has 0 aliphatic heterocycles. The van der Waals surface area contributed by atoms with Gasteiger partial charge in [-0.15, -0.1) is 0 Å². The second kappa shape index (κ2) is 4.44. The molecule has 0 aliphatic carbocycles. The Bertz CT molecular complexity index is 545. The Morgan fingerprint density at radius 2 is 2.25 bits per heavy atom. The number of primary amides is 1. The van der Waals surface area contributed by atoms with Gasteiger partial charge in [-0.05, 0) is 18.2 Å². The van der Waals surface area contributed by atoms with Crippen LogP contribution in [0.3, 0.4) is 0 Å². The van der Waals surface area contributed by atoms with Crippen LogP contribution in [-0.4, -0.2) is 22.5 Å². The molecule has 6 heteroatoms. The SMILES string of the molecule is NC(=O)COc1ncnc2ccc(Br)cc12. The predicted molar refractivity (Wildman–Crippen MR) is 61.9 cm³/mol. The summed E-state index contributed by atoms with van der Waals surface area (Å²) in [6.45, 7) is -0.196. The van der Waals surface area contributed by atoms with Crippen molar-refractivity contribution < 1.29 is 9.53 Å². The lowest BCUT2D eigenvalue weighted by Crippen LogP contribution is -2.20. The zero-order chi connectivity index (χ0) is 11.5. The summed E-state index contributed by atoms with van der Waals surface area (Å²) in [6, 6.07) is 5.52. The van der Waals surface area contributed by atoms with Crippen molar-refractivity contribution in [3.05, 3.63) is 29.0 Å². The van der Waals surface area contributed by atoms with Gasteiger partial charge < -0.3 is 10.5 Å². The molecule has 2 N–H and O–H groups in total. The first kappa shape index (κ1) is 10.8. The Morgan fingerprint density at radius 3 is 3.00 bits per heavy atom. The first-order valence-electron chi connectivity index (χ1n) is 4.48. The number of amides is 1. The molecule has 0 radical (unpaired) electrons. The molecule has 5 nitrogen and oxygen atoms in total. The van der Waals surface area contributed by atoms with Gasteiger partial charge in [-0.3, -0.25) is 4.79 Å². The molecule has 0 aliphatic rings. The summed E-state index contributed by atoms with van der Waals surface area (Å²) in [7, 11) is 0. The zero-order valence-electron chi connectivity index (χ0n) is 8.18. The molecule has 0 atom stereocenters. The van der Waals surface area contributed by atoms with E-state index in [1.807, 2.05) is 18.2 Å². The van der Waals surface area contributed by atoms with Gasteiger partial charge in [0.25, 0.3) is 5.91 Å². The Balaban J connectivity index is 2.43. The molecule has 0 spiro atoms. The second-order valence-electron chi connectivity index (χ2n) is 3.10. The highest BCUT2D eigenvalue weighted by Gasteiger charge is 2.06. The van der Waals surface area contributed by atoms with Gasteiger partial charge in [-0.25, -0.2) is 9.97 Å². The number of nitrogens with zero attached hydrogens (tertiary/aromatic N) is 2. The van der Waals surface area contributed by atoms with Gasteiger partial charge in [0.2, 0.25) is 5.88 Å². The van der Waals surface area contributed by atoms with Crippen molar-refractivity contribution in [1.82, 2.24) is 9.97 Å². The fraction of sp³-hybridized carbons (Fsp3) is 0.100. The molecule has 0 unspecified atom stereocenters. The van der Waals surface area contributed by atoms with Gasteiger partial charge >= 0.3 is 0 Å². The highest BCUT2D eigenvalue weighted by molar-refractivity contribution is 9.10. The third-order valence-corrected chi connectivity index (χ3v) is 2.41. The minimum atomic E-state index is -0.540. The third-order valence-electron chi connectivity index (χ3n) is 1.91. The van der Waals surface area contributed by atoms with E-state index in [1.165, 1.54) is 6.33 Å². The highest BCUT2D eigenvalue weighted by atomic mass is 79.9. The number of carbonyl (C=O) groups excluding carboxylic acids is 1. The summed E-state index contributed by atoms with van der Waals surface area (Å²) in [5.74, 6) is -0.188. The molecule has 0 saturated heterocycles. The van der Waals surface area contributed by atoms with Crippen LogP contribution in [0.15, 0.2) is 29.0 Å². The number of rotatable bonds is 3. The molecular weight excluding hydrogens is 274 g/mol. The van der Waals surface area contributed by atoms with Crippen LogP contribution in [0.4, 0.5) is 0 Å². The van der Waals surface area contributed by atoms with E-state index < -0.39 is 5.91 Å². The third kappa shape index (κ3) is 2.27. The van der Waals surface area contributed by atoms with E-state index in [0.29, 0.717) is 5.88 Å². The van der Waals surface area contributed by atoms with Crippen molar-refractivity contribution >= 4 is 32.7 Å². The van der Waals surface area contributed by atoms with Crippen LogP contribution >= 0.6 is 15.9 Å². The fourth-order valence-corrected chi connectivity index (χ4v) is 1.62. The number of benzene rings is 1. The number of hydrogen-bond donors (Lipinski definition) is 1. The number of ether oxygens (including phenoxy) is 1. The molecule has 1 heterocycles. The monoisotopic (exact) mass is 281 g/mol. The van der Waals surface area contributed by atoms with Crippen molar-refractivity contribution in [3.8, 4) is 5.88 Å². The van der Waals surface area contributed by atoms with Gasteiger partial charge in [-0.2, -0.15) is 0 Å². The number of fused-ring (bicyclic) bond motifs is 1. The first-order valence-corrected chi connectivity index (χ1v) is 5.27. The lowest BCUT2D eigenvalue weighted by molar-refractivity contribution is -0.120. The smallest absolute Gasteiger partial charge is 0.255 e. The van der Waals surface area contributed by atoms with Crippen molar-refractivity contribution in [2.75, 3.05) is 6.61 Å². The van der Waals surface area contributed by atoms with Crippen LogP contribution in [0.25, 0.3) is 10.9 Å². The molecule has 0 saturated carbocycles. The fourth-order valence-electron chi connectivity index (χ4n) is 1.26. The Morgan fingerprint density at radius 1 is 1.44 bits per heavy atom. The average molecular weight is 282 g/mol. The van der Waals surface area contributed by atoms with Gasteiger partial charge in [0.1, 0.15) is 6.33 Å². The van der Waals surface area contributed by atoms with E-state index in [-0.39, 0.29) is 6.61 Å². The van der Waals surface area contributed by atoms with E-state index >= 15 is 0 Å². The molecule has 0 bridgehead atoms. The van der Waals surface area contributed by atoms with Crippen molar-refractivity contribution in [1.29, 1.82) is 0 Å². The van der Waals surface area contributed by atoms with Gasteiger partial charge in [0.15, 0.2) is 6.61 Å². The molecule has 1 aromatic heterocycles. The van der Waals surface area contributed by atoms with E-state index in [1.54, 1.807) is 0 Å². The van der Waals surface area contributed by atoms with Crippen LogP contribution in [0, 0.1) is 0 Å². The second-order valence-corrected chi connectivity index (χ2v) is 4.01. The Labute approximate surface area is 99.8 Å². The molecule has 1 amide bonds. The molecule has 2 aromatic rings. The number of halogens is 1. The highest BCUT2D eigenvalue weighted by Crippen LogP contribution is 2.24. The Kier molecular flexibility index (Phi) is 3.00. The largest absolute Gasteiger partial charge is 0.467 e. The molecule has 82 valence electrons. The molecular formula is C10H8BrN3O2. The van der Waals surface area contributed by atoms with E-state index in [4.69, 9.17) is 10.5 Å². The maximum absolute atomic E-state index is 10.6.